The molecule has 106 valence electrons. The first-order chi connectivity index (χ1) is 8.80. The molecule has 19 heavy (non-hydrogen) atoms. The molecule has 0 aromatic heterocycles. The molecule has 1 aromatic rings. The van der Waals surface area contributed by atoms with E-state index in [2.05, 4.69) is 0 Å². The van der Waals surface area contributed by atoms with Gasteiger partial charge in [-0.05, 0) is 37.0 Å². The fraction of sp³-hybridized carbons (Fsp3) is 0.500. The monoisotopic (exact) mass is 290 g/mol. The number of hydrogen-bond donors (Lipinski definition) is 1. The SMILES string of the molecule is CN(CC1CC(N)C1)S(=O)(=O)c1cc(F)ccc1F. The second-order valence-electron chi connectivity index (χ2n) is 4.96. The van der Waals surface area contributed by atoms with Gasteiger partial charge in [0.05, 0.1) is 0 Å². The summed E-state index contributed by atoms with van der Waals surface area (Å²) in [5.74, 6) is -1.54. The second kappa shape index (κ2) is 5.15. The highest BCUT2D eigenvalue weighted by Gasteiger charge is 2.32. The van der Waals surface area contributed by atoms with E-state index in [0.717, 1.165) is 29.3 Å². The van der Waals surface area contributed by atoms with Crippen LogP contribution >= 0.6 is 0 Å². The molecule has 1 aliphatic carbocycles. The summed E-state index contributed by atoms with van der Waals surface area (Å²) < 4.78 is 52.0. The Bertz CT molecular complexity index is 571. The minimum Gasteiger partial charge on any atom is -0.328 e. The van der Waals surface area contributed by atoms with E-state index in [0.29, 0.717) is 6.07 Å². The highest BCUT2D eigenvalue weighted by atomic mass is 32.2. The van der Waals surface area contributed by atoms with Gasteiger partial charge in [-0.15, -0.1) is 0 Å². The minimum absolute atomic E-state index is 0.118. The van der Waals surface area contributed by atoms with Crippen LogP contribution in [0.25, 0.3) is 0 Å². The number of benzene rings is 1. The molecule has 0 radical (unpaired) electrons. The number of nitrogens with zero attached hydrogens (tertiary/aromatic N) is 1. The van der Waals surface area contributed by atoms with Gasteiger partial charge in [0.2, 0.25) is 10.0 Å². The first-order valence-electron chi connectivity index (χ1n) is 5.97. The van der Waals surface area contributed by atoms with Gasteiger partial charge in [-0.2, -0.15) is 0 Å². The summed E-state index contributed by atoms with van der Waals surface area (Å²) >= 11 is 0. The Kier molecular flexibility index (Phi) is 3.89. The van der Waals surface area contributed by atoms with Crippen LogP contribution < -0.4 is 5.73 Å². The van der Waals surface area contributed by atoms with Crippen molar-refractivity contribution in [3.63, 3.8) is 0 Å². The molecule has 7 heteroatoms. The average Bonchev–Trinajstić information content (AvgIpc) is 2.30. The second-order valence-corrected chi connectivity index (χ2v) is 6.97. The van der Waals surface area contributed by atoms with E-state index in [1.807, 2.05) is 0 Å². The van der Waals surface area contributed by atoms with Crippen molar-refractivity contribution in [3.8, 4) is 0 Å². The van der Waals surface area contributed by atoms with Gasteiger partial charge in [-0.1, -0.05) is 0 Å². The zero-order valence-electron chi connectivity index (χ0n) is 10.5. The van der Waals surface area contributed by atoms with Crippen LogP contribution in [0.1, 0.15) is 12.8 Å². The Hall–Kier alpha value is -1.05. The van der Waals surface area contributed by atoms with Crippen LogP contribution in [-0.2, 0) is 10.0 Å². The van der Waals surface area contributed by atoms with Crippen molar-refractivity contribution in [1.29, 1.82) is 0 Å². The Morgan fingerprint density at radius 1 is 1.37 bits per heavy atom. The molecule has 1 aromatic carbocycles. The molecule has 1 aliphatic rings. The number of halogens is 2. The van der Waals surface area contributed by atoms with Gasteiger partial charge in [0.25, 0.3) is 0 Å². The summed E-state index contributed by atoms with van der Waals surface area (Å²) in [5.41, 5.74) is 5.63. The number of rotatable bonds is 4. The quantitative estimate of drug-likeness (QED) is 0.909. The van der Waals surface area contributed by atoms with Gasteiger partial charge < -0.3 is 5.73 Å². The van der Waals surface area contributed by atoms with Crippen molar-refractivity contribution in [1.82, 2.24) is 4.31 Å². The van der Waals surface area contributed by atoms with Crippen molar-refractivity contribution in [2.45, 2.75) is 23.8 Å². The Morgan fingerprint density at radius 3 is 2.58 bits per heavy atom. The third kappa shape index (κ3) is 2.93. The van der Waals surface area contributed by atoms with Crippen LogP contribution in [0.15, 0.2) is 23.1 Å². The molecule has 0 heterocycles. The molecule has 0 atom stereocenters. The van der Waals surface area contributed by atoms with Gasteiger partial charge >= 0.3 is 0 Å². The predicted molar refractivity (Wildman–Crippen MR) is 66.9 cm³/mol. The first-order valence-corrected chi connectivity index (χ1v) is 7.41. The van der Waals surface area contributed by atoms with Crippen molar-refractivity contribution in [3.05, 3.63) is 29.8 Å². The highest BCUT2D eigenvalue weighted by Crippen LogP contribution is 2.28. The highest BCUT2D eigenvalue weighted by molar-refractivity contribution is 7.89. The summed E-state index contributed by atoms with van der Waals surface area (Å²) in [6.07, 6.45) is 1.51. The summed E-state index contributed by atoms with van der Waals surface area (Å²) in [6, 6.07) is 2.52. The van der Waals surface area contributed by atoms with Crippen molar-refractivity contribution in [2.75, 3.05) is 13.6 Å². The molecule has 0 spiro atoms. The number of nitrogens with two attached hydrogens (primary N) is 1. The molecule has 2 N–H and O–H groups in total. The maximum atomic E-state index is 13.5. The molecule has 0 saturated heterocycles. The molecule has 1 saturated carbocycles. The number of sulfonamides is 1. The van der Waals surface area contributed by atoms with Gasteiger partial charge in [0, 0.05) is 19.6 Å². The molecule has 0 aliphatic heterocycles. The molecule has 2 rings (SSSR count). The third-order valence-electron chi connectivity index (χ3n) is 3.37. The zero-order valence-corrected chi connectivity index (χ0v) is 11.3. The standard InChI is InChI=1S/C12H16F2N2O2S/c1-16(7-8-4-10(15)5-8)19(17,18)12-6-9(13)2-3-11(12)14/h2-3,6,8,10H,4-5,7,15H2,1H3. The van der Waals surface area contributed by atoms with Crippen molar-refractivity contribution in [2.24, 2.45) is 11.7 Å². The van der Waals surface area contributed by atoms with E-state index in [9.17, 15) is 17.2 Å². The van der Waals surface area contributed by atoms with Crippen LogP contribution in [0.3, 0.4) is 0 Å². The smallest absolute Gasteiger partial charge is 0.245 e. The maximum absolute atomic E-state index is 13.5. The molecular formula is C12H16F2N2O2S. The average molecular weight is 290 g/mol. The van der Waals surface area contributed by atoms with Crippen LogP contribution in [0, 0.1) is 17.6 Å². The van der Waals surface area contributed by atoms with E-state index in [4.69, 9.17) is 5.73 Å². The summed E-state index contributed by atoms with van der Waals surface area (Å²) in [4.78, 5) is -0.626. The lowest BCUT2D eigenvalue weighted by atomic mass is 9.81. The fourth-order valence-corrected chi connectivity index (χ4v) is 3.56. The van der Waals surface area contributed by atoms with Crippen LogP contribution in [-0.4, -0.2) is 32.4 Å². The lowest BCUT2D eigenvalue weighted by Gasteiger charge is -2.34. The summed E-state index contributed by atoms with van der Waals surface area (Å²) in [7, 11) is -2.64. The van der Waals surface area contributed by atoms with Gasteiger partial charge in [0.15, 0.2) is 0 Å². The minimum atomic E-state index is -4.00. The Morgan fingerprint density at radius 2 is 2.00 bits per heavy atom. The van der Waals surface area contributed by atoms with Crippen LogP contribution in [0.2, 0.25) is 0 Å². The van der Waals surface area contributed by atoms with Crippen molar-refractivity contribution >= 4 is 10.0 Å². The first kappa shape index (κ1) is 14.4. The molecule has 0 amide bonds. The number of hydrogen-bond acceptors (Lipinski definition) is 3. The summed E-state index contributed by atoms with van der Waals surface area (Å²) in [5, 5.41) is 0. The van der Waals surface area contributed by atoms with E-state index in [-0.39, 0.29) is 18.5 Å². The lowest BCUT2D eigenvalue weighted by molar-refractivity contribution is 0.227. The summed E-state index contributed by atoms with van der Waals surface area (Å²) in [6.45, 7) is 0.270. The Balaban J connectivity index is 2.19. The predicted octanol–water partition coefficient (Wildman–Crippen LogP) is 1.32. The molecule has 0 bridgehead atoms. The fourth-order valence-electron chi connectivity index (χ4n) is 2.24. The third-order valence-corrected chi connectivity index (χ3v) is 5.21. The van der Waals surface area contributed by atoms with Gasteiger partial charge in [-0.3, -0.25) is 0 Å². The zero-order chi connectivity index (χ0) is 14.2. The normalized spacial score (nSPS) is 23.4. The van der Waals surface area contributed by atoms with Crippen LogP contribution in [0.4, 0.5) is 8.78 Å². The topological polar surface area (TPSA) is 63.4 Å². The molecular weight excluding hydrogens is 274 g/mol. The van der Waals surface area contributed by atoms with Crippen LogP contribution in [0.5, 0.6) is 0 Å². The molecule has 4 nitrogen and oxygen atoms in total. The Labute approximate surface area is 111 Å². The largest absolute Gasteiger partial charge is 0.328 e. The molecule has 0 unspecified atom stereocenters. The molecule has 1 fully saturated rings. The van der Waals surface area contributed by atoms with E-state index in [1.54, 1.807) is 0 Å². The lowest BCUT2D eigenvalue weighted by Crippen LogP contribution is -2.43. The van der Waals surface area contributed by atoms with E-state index >= 15 is 0 Å². The maximum Gasteiger partial charge on any atom is 0.245 e. The van der Waals surface area contributed by atoms with Gasteiger partial charge in [-0.25, -0.2) is 21.5 Å². The van der Waals surface area contributed by atoms with Crippen molar-refractivity contribution < 1.29 is 17.2 Å². The van der Waals surface area contributed by atoms with E-state index in [1.165, 1.54) is 7.05 Å². The van der Waals surface area contributed by atoms with E-state index < -0.39 is 26.6 Å². The van der Waals surface area contributed by atoms with Gasteiger partial charge in [0.1, 0.15) is 16.5 Å².